The first-order valence-electron chi connectivity index (χ1n) is 4.50. The summed E-state index contributed by atoms with van der Waals surface area (Å²) in [7, 11) is 0. The molecular formula is C11H6ClN3O. The predicted molar refractivity (Wildman–Crippen MR) is 62.9 cm³/mol. The SMILES string of the molecule is [N-]=[N+]=Nc1ccc2ccccc2c1C(=O)Cl. The second-order valence-corrected chi connectivity index (χ2v) is 3.49. The summed E-state index contributed by atoms with van der Waals surface area (Å²) in [5.41, 5.74) is 8.90. The molecular weight excluding hydrogens is 226 g/mol. The van der Waals surface area contributed by atoms with Crippen LogP contribution in [0.2, 0.25) is 0 Å². The summed E-state index contributed by atoms with van der Waals surface area (Å²) in [6, 6.07) is 10.6. The van der Waals surface area contributed by atoms with E-state index >= 15 is 0 Å². The third-order valence-electron chi connectivity index (χ3n) is 2.26. The van der Waals surface area contributed by atoms with Gasteiger partial charge in [-0.15, -0.1) is 0 Å². The van der Waals surface area contributed by atoms with Crippen LogP contribution in [0.1, 0.15) is 10.4 Å². The van der Waals surface area contributed by atoms with E-state index in [2.05, 4.69) is 10.0 Å². The van der Waals surface area contributed by atoms with Crippen molar-refractivity contribution >= 4 is 33.3 Å². The van der Waals surface area contributed by atoms with Crippen molar-refractivity contribution < 1.29 is 4.79 Å². The smallest absolute Gasteiger partial charge is 0.253 e. The van der Waals surface area contributed by atoms with E-state index in [9.17, 15) is 4.79 Å². The molecule has 16 heavy (non-hydrogen) atoms. The summed E-state index contributed by atoms with van der Waals surface area (Å²) in [6.45, 7) is 0. The number of fused-ring (bicyclic) bond motifs is 1. The van der Waals surface area contributed by atoms with Gasteiger partial charge in [0.05, 0.1) is 11.3 Å². The average Bonchev–Trinajstić information content (AvgIpc) is 2.28. The van der Waals surface area contributed by atoms with Gasteiger partial charge >= 0.3 is 0 Å². The van der Waals surface area contributed by atoms with Crippen LogP contribution in [0.4, 0.5) is 5.69 Å². The van der Waals surface area contributed by atoms with Gasteiger partial charge in [0.2, 0.25) is 0 Å². The first kappa shape index (κ1) is 10.5. The fourth-order valence-electron chi connectivity index (χ4n) is 1.60. The van der Waals surface area contributed by atoms with E-state index in [1.165, 1.54) is 0 Å². The summed E-state index contributed by atoms with van der Waals surface area (Å²) in [4.78, 5) is 14.0. The molecule has 78 valence electrons. The monoisotopic (exact) mass is 231 g/mol. The maximum absolute atomic E-state index is 11.3. The fraction of sp³-hybridized carbons (Fsp3) is 0. The zero-order valence-electron chi connectivity index (χ0n) is 8.09. The topological polar surface area (TPSA) is 65.8 Å². The standard InChI is InChI=1S/C11H6ClN3O/c12-11(16)10-8-4-2-1-3-7(8)5-6-9(10)14-15-13/h1-6H. The van der Waals surface area contributed by atoms with Gasteiger partial charge in [-0.2, -0.15) is 0 Å². The van der Waals surface area contributed by atoms with Crippen molar-refractivity contribution in [3.8, 4) is 0 Å². The molecule has 0 heterocycles. The molecule has 2 aromatic rings. The Morgan fingerprint density at radius 3 is 2.69 bits per heavy atom. The minimum absolute atomic E-state index is 0.248. The lowest BCUT2D eigenvalue weighted by molar-refractivity contribution is 0.108. The fourth-order valence-corrected chi connectivity index (χ4v) is 1.80. The van der Waals surface area contributed by atoms with E-state index in [4.69, 9.17) is 17.1 Å². The van der Waals surface area contributed by atoms with Crippen LogP contribution in [-0.4, -0.2) is 5.24 Å². The van der Waals surface area contributed by atoms with Crippen LogP contribution in [0.3, 0.4) is 0 Å². The Bertz CT molecular complexity index is 618. The van der Waals surface area contributed by atoms with Gasteiger partial charge in [0.25, 0.3) is 5.24 Å². The van der Waals surface area contributed by atoms with Crippen molar-refractivity contribution in [2.45, 2.75) is 0 Å². The maximum atomic E-state index is 11.3. The molecule has 2 aromatic carbocycles. The molecule has 0 aliphatic rings. The van der Waals surface area contributed by atoms with E-state index in [1.807, 2.05) is 12.1 Å². The minimum Gasteiger partial charge on any atom is -0.276 e. The highest BCUT2D eigenvalue weighted by Gasteiger charge is 2.11. The molecule has 0 amide bonds. The minimum atomic E-state index is -0.626. The largest absolute Gasteiger partial charge is 0.276 e. The molecule has 0 radical (unpaired) electrons. The molecule has 0 fully saturated rings. The highest BCUT2D eigenvalue weighted by Crippen LogP contribution is 2.29. The maximum Gasteiger partial charge on any atom is 0.253 e. The second kappa shape index (κ2) is 4.23. The number of nitrogens with zero attached hydrogens (tertiary/aromatic N) is 3. The molecule has 0 N–H and O–H groups in total. The van der Waals surface area contributed by atoms with Gasteiger partial charge in [-0.25, -0.2) is 0 Å². The van der Waals surface area contributed by atoms with Crippen LogP contribution in [0.25, 0.3) is 21.2 Å². The zero-order chi connectivity index (χ0) is 11.5. The van der Waals surface area contributed by atoms with E-state index in [0.29, 0.717) is 5.39 Å². The molecule has 0 aliphatic carbocycles. The molecule has 0 saturated heterocycles. The molecule has 2 rings (SSSR count). The van der Waals surface area contributed by atoms with Crippen molar-refractivity contribution in [3.63, 3.8) is 0 Å². The predicted octanol–water partition coefficient (Wildman–Crippen LogP) is 4.16. The van der Waals surface area contributed by atoms with Crippen molar-refractivity contribution in [2.75, 3.05) is 0 Å². The van der Waals surface area contributed by atoms with Gasteiger partial charge in [-0.1, -0.05) is 41.5 Å². The lowest BCUT2D eigenvalue weighted by Crippen LogP contribution is -1.91. The Hall–Kier alpha value is -2.03. The van der Waals surface area contributed by atoms with Crippen molar-refractivity contribution in [1.29, 1.82) is 0 Å². The normalized spacial score (nSPS) is 9.81. The molecule has 5 heteroatoms. The Labute approximate surface area is 96.1 Å². The third kappa shape index (κ3) is 1.72. The number of carbonyl (C=O) groups excluding carboxylic acids is 1. The molecule has 0 atom stereocenters. The molecule has 0 unspecified atom stereocenters. The second-order valence-electron chi connectivity index (χ2n) is 3.14. The number of halogens is 1. The van der Waals surface area contributed by atoms with Crippen LogP contribution >= 0.6 is 11.6 Å². The van der Waals surface area contributed by atoms with E-state index in [-0.39, 0.29) is 11.3 Å². The molecule has 0 aliphatic heterocycles. The summed E-state index contributed by atoms with van der Waals surface area (Å²) in [5, 5.41) is 4.39. The molecule has 0 aromatic heterocycles. The van der Waals surface area contributed by atoms with Crippen LogP contribution in [0.15, 0.2) is 41.5 Å². The van der Waals surface area contributed by atoms with E-state index < -0.39 is 5.24 Å². The number of rotatable bonds is 2. The van der Waals surface area contributed by atoms with Gasteiger partial charge in [0.15, 0.2) is 0 Å². The summed E-state index contributed by atoms with van der Waals surface area (Å²) >= 11 is 5.50. The van der Waals surface area contributed by atoms with Crippen molar-refractivity contribution in [3.05, 3.63) is 52.4 Å². The third-order valence-corrected chi connectivity index (χ3v) is 2.45. The Balaban J connectivity index is 2.89. The van der Waals surface area contributed by atoms with Crippen LogP contribution in [-0.2, 0) is 0 Å². The molecule has 4 nitrogen and oxygen atoms in total. The Morgan fingerprint density at radius 1 is 1.25 bits per heavy atom. The highest BCUT2D eigenvalue weighted by molar-refractivity contribution is 6.69. The number of hydrogen-bond donors (Lipinski definition) is 0. The van der Waals surface area contributed by atoms with Gasteiger partial charge in [0, 0.05) is 4.91 Å². The van der Waals surface area contributed by atoms with Crippen molar-refractivity contribution in [2.24, 2.45) is 5.11 Å². The quantitative estimate of drug-likeness (QED) is 0.331. The average molecular weight is 232 g/mol. The molecule has 0 saturated carbocycles. The Morgan fingerprint density at radius 2 is 2.00 bits per heavy atom. The van der Waals surface area contributed by atoms with Crippen LogP contribution in [0.5, 0.6) is 0 Å². The number of hydrogen-bond acceptors (Lipinski definition) is 2. The zero-order valence-corrected chi connectivity index (χ0v) is 8.85. The lowest BCUT2D eigenvalue weighted by atomic mass is 10.0. The lowest BCUT2D eigenvalue weighted by Gasteiger charge is -2.05. The molecule has 0 spiro atoms. The summed E-state index contributed by atoms with van der Waals surface area (Å²) < 4.78 is 0. The first-order valence-corrected chi connectivity index (χ1v) is 4.88. The highest BCUT2D eigenvalue weighted by atomic mass is 35.5. The summed E-state index contributed by atoms with van der Waals surface area (Å²) in [6.07, 6.45) is 0. The summed E-state index contributed by atoms with van der Waals surface area (Å²) in [5.74, 6) is 0. The van der Waals surface area contributed by atoms with E-state index in [1.54, 1.807) is 24.3 Å². The Kier molecular flexibility index (Phi) is 2.77. The van der Waals surface area contributed by atoms with Gasteiger partial charge in [-0.3, -0.25) is 4.79 Å². The molecule has 0 bridgehead atoms. The van der Waals surface area contributed by atoms with Crippen LogP contribution < -0.4 is 0 Å². The van der Waals surface area contributed by atoms with Gasteiger partial charge in [-0.05, 0) is 27.9 Å². The first-order chi connectivity index (χ1) is 7.74. The van der Waals surface area contributed by atoms with Gasteiger partial charge < -0.3 is 0 Å². The van der Waals surface area contributed by atoms with Gasteiger partial charge in [0.1, 0.15) is 0 Å². The number of benzene rings is 2. The number of azide groups is 1. The number of carbonyl (C=O) groups is 1. The van der Waals surface area contributed by atoms with Crippen LogP contribution in [0, 0.1) is 0 Å². The van der Waals surface area contributed by atoms with E-state index in [0.717, 1.165) is 5.39 Å². The van der Waals surface area contributed by atoms with Crippen molar-refractivity contribution in [1.82, 2.24) is 0 Å².